The Morgan fingerprint density at radius 2 is 1.25 bits per heavy atom. The lowest BCUT2D eigenvalue weighted by Crippen LogP contribution is -2.32. The van der Waals surface area contributed by atoms with E-state index in [1.54, 1.807) is 12.1 Å². The largest absolute Gasteiger partial charge is 0.491 e. The molecule has 0 spiro atoms. The molecule has 0 radical (unpaired) electrons. The number of aliphatic hydroxyl groups excluding tert-OH is 1. The number of ether oxygens (including phenoxy) is 2. The molecule has 5 nitrogen and oxygen atoms in total. The molecule has 1 N–H and O–H groups in total. The maximum Gasteiger partial charge on any atom is 0.343 e. The standard InChI is InChI=1S/C35H37NO4/c1-4-33(26-12-8-6-9-13-26)34(27-16-20-31(21-17-27)39-25-30(37)24-36(3)5-2)28-18-22-32(23-19-28)40-35(38)29-14-10-7-11-15-29/h6-23,30,37H,4-5,24-25H2,1-3H3. The number of hydrogen-bond acceptors (Lipinski definition) is 5. The van der Waals surface area contributed by atoms with Gasteiger partial charge in [0.15, 0.2) is 0 Å². The topological polar surface area (TPSA) is 59.0 Å². The van der Waals surface area contributed by atoms with E-state index in [0.717, 1.165) is 35.2 Å². The van der Waals surface area contributed by atoms with Gasteiger partial charge in [-0.3, -0.25) is 0 Å². The van der Waals surface area contributed by atoms with Gasteiger partial charge in [0.1, 0.15) is 24.2 Å². The number of carbonyl (C=O) groups excluding carboxylic acids is 1. The monoisotopic (exact) mass is 535 g/mol. The second-order valence-corrected chi connectivity index (χ2v) is 9.70. The Labute approximate surface area is 237 Å². The van der Waals surface area contributed by atoms with Crippen LogP contribution < -0.4 is 9.47 Å². The lowest BCUT2D eigenvalue weighted by Gasteiger charge is -2.19. The Balaban J connectivity index is 1.61. The van der Waals surface area contributed by atoms with Crippen molar-refractivity contribution < 1.29 is 19.4 Å². The predicted octanol–water partition coefficient (Wildman–Crippen LogP) is 6.97. The summed E-state index contributed by atoms with van der Waals surface area (Å²) >= 11 is 0. The highest BCUT2D eigenvalue weighted by Crippen LogP contribution is 2.35. The average Bonchev–Trinajstić information content (AvgIpc) is 3.00. The molecule has 4 rings (SSSR count). The summed E-state index contributed by atoms with van der Waals surface area (Å²) in [6.07, 6.45) is 0.277. The van der Waals surface area contributed by atoms with Crippen LogP contribution in [0.5, 0.6) is 11.5 Å². The molecule has 0 saturated carbocycles. The average molecular weight is 536 g/mol. The summed E-state index contributed by atoms with van der Waals surface area (Å²) in [4.78, 5) is 14.6. The molecule has 5 heteroatoms. The van der Waals surface area contributed by atoms with Crippen molar-refractivity contribution >= 4 is 17.1 Å². The van der Waals surface area contributed by atoms with E-state index in [0.29, 0.717) is 23.6 Å². The fourth-order valence-electron chi connectivity index (χ4n) is 4.56. The lowest BCUT2D eigenvalue weighted by atomic mass is 9.88. The molecule has 0 aromatic heterocycles. The van der Waals surface area contributed by atoms with Crippen molar-refractivity contribution in [2.24, 2.45) is 0 Å². The third-order valence-corrected chi connectivity index (χ3v) is 6.79. The van der Waals surface area contributed by atoms with Gasteiger partial charge in [0.25, 0.3) is 0 Å². The zero-order valence-electron chi connectivity index (χ0n) is 23.4. The Hall–Kier alpha value is -4.19. The Morgan fingerprint density at radius 1 is 0.725 bits per heavy atom. The minimum Gasteiger partial charge on any atom is -0.491 e. The predicted molar refractivity (Wildman–Crippen MR) is 162 cm³/mol. The smallest absolute Gasteiger partial charge is 0.343 e. The highest BCUT2D eigenvalue weighted by molar-refractivity contribution is 5.98. The van der Waals surface area contributed by atoms with Crippen LogP contribution in [0.15, 0.2) is 109 Å². The molecule has 1 atom stereocenters. The number of allylic oxidation sites excluding steroid dienone is 1. The summed E-state index contributed by atoms with van der Waals surface area (Å²) in [5.74, 6) is 0.817. The number of hydrogen-bond donors (Lipinski definition) is 1. The SMILES string of the molecule is CCC(=C(c1ccc(OCC(O)CN(C)CC)cc1)c1ccc(OC(=O)c2ccccc2)cc1)c1ccccc1. The van der Waals surface area contributed by atoms with Crippen molar-refractivity contribution in [3.63, 3.8) is 0 Å². The van der Waals surface area contributed by atoms with E-state index in [-0.39, 0.29) is 12.6 Å². The first kappa shape index (κ1) is 28.8. The van der Waals surface area contributed by atoms with Gasteiger partial charge in [-0.1, -0.05) is 86.6 Å². The molecule has 0 fully saturated rings. The van der Waals surface area contributed by atoms with Crippen LogP contribution in [0.2, 0.25) is 0 Å². The number of likely N-dealkylation sites (N-methyl/N-ethyl adjacent to an activating group) is 1. The number of aliphatic hydroxyl groups is 1. The molecule has 0 bridgehead atoms. The van der Waals surface area contributed by atoms with Crippen LogP contribution in [0.3, 0.4) is 0 Å². The molecule has 0 saturated heterocycles. The molecule has 0 aliphatic carbocycles. The van der Waals surface area contributed by atoms with Gasteiger partial charge in [-0.15, -0.1) is 0 Å². The molecule has 4 aromatic carbocycles. The maximum absolute atomic E-state index is 12.5. The second kappa shape index (κ2) is 14.3. The van der Waals surface area contributed by atoms with Gasteiger partial charge in [0, 0.05) is 6.54 Å². The first-order valence-corrected chi connectivity index (χ1v) is 13.7. The molecular formula is C35H37NO4. The number of esters is 1. The molecule has 206 valence electrons. The van der Waals surface area contributed by atoms with Crippen LogP contribution in [0.4, 0.5) is 0 Å². The van der Waals surface area contributed by atoms with Gasteiger partial charge in [-0.05, 0) is 84.2 Å². The van der Waals surface area contributed by atoms with E-state index >= 15 is 0 Å². The minimum absolute atomic E-state index is 0.236. The maximum atomic E-state index is 12.5. The van der Waals surface area contributed by atoms with Gasteiger partial charge in [0.05, 0.1) is 5.56 Å². The number of carbonyl (C=O) groups is 1. The summed E-state index contributed by atoms with van der Waals surface area (Å²) in [6.45, 7) is 5.89. The van der Waals surface area contributed by atoms with Crippen molar-refractivity contribution in [2.75, 3.05) is 26.7 Å². The number of nitrogens with zero attached hydrogens (tertiary/aromatic N) is 1. The van der Waals surface area contributed by atoms with Crippen molar-refractivity contribution in [3.05, 3.63) is 131 Å². The summed E-state index contributed by atoms with van der Waals surface area (Å²) < 4.78 is 11.5. The fourth-order valence-corrected chi connectivity index (χ4v) is 4.56. The molecule has 4 aromatic rings. The van der Waals surface area contributed by atoms with Crippen LogP contribution in [0, 0.1) is 0 Å². The highest BCUT2D eigenvalue weighted by atomic mass is 16.5. The Morgan fingerprint density at radius 3 is 1.77 bits per heavy atom. The van der Waals surface area contributed by atoms with E-state index < -0.39 is 6.10 Å². The van der Waals surface area contributed by atoms with Gasteiger partial charge in [-0.2, -0.15) is 0 Å². The lowest BCUT2D eigenvalue weighted by molar-refractivity contribution is 0.0734. The number of rotatable bonds is 12. The van der Waals surface area contributed by atoms with E-state index in [9.17, 15) is 9.90 Å². The zero-order chi connectivity index (χ0) is 28.3. The molecular weight excluding hydrogens is 498 g/mol. The highest BCUT2D eigenvalue weighted by Gasteiger charge is 2.15. The first-order valence-electron chi connectivity index (χ1n) is 13.7. The van der Waals surface area contributed by atoms with Gasteiger partial charge in [-0.25, -0.2) is 4.79 Å². The second-order valence-electron chi connectivity index (χ2n) is 9.70. The summed E-state index contributed by atoms with van der Waals surface area (Å²) in [5.41, 5.74) is 6.05. The molecule has 0 aliphatic rings. The van der Waals surface area contributed by atoms with E-state index in [2.05, 4.69) is 43.0 Å². The van der Waals surface area contributed by atoms with Crippen LogP contribution in [-0.2, 0) is 0 Å². The van der Waals surface area contributed by atoms with Gasteiger partial charge >= 0.3 is 5.97 Å². The molecule has 40 heavy (non-hydrogen) atoms. The summed E-state index contributed by atoms with van der Waals surface area (Å²) in [7, 11) is 1.98. The molecule has 0 amide bonds. The molecule has 1 unspecified atom stereocenters. The number of benzene rings is 4. The van der Waals surface area contributed by atoms with Crippen molar-refractivity contribution in [1.29, 1.82) is 0 Å². The summed E-state index contributed by atoms with van der Waals surface area (Å²) in [6, 6.07) is 35.0. The molecule has 0 aliphatic heterocycles. The Bertz CT molecular complexity index is 1380. The van der Waals surface area contributed by atoms with E-state index in [1.807, 2.05) is 79.8 Å². The van der Waals surface area contributed by atoms with Crippen molar-refractivity contribution in [3.8, 4) is 11.5 Å². The van der Waals surface area contributed by atoms with Gasteiger partial charge < -0.3 is 19.5 Å². The van der Waals surface area contributed by atoms with Crippen LogP contribution in [0.1, 0.15) is 47.3 Å². The Kier molecular flexibility index (Phi) is 10.3. The normalized spacial score (nSPS) is 12.5. The summed E-state index contributed by atoms with van der Waals surface area (Å²) in [5, 5.41) is 10.3. The fraction of sp³-hybridized carbons (Fsp3) is 0.229. The first-order chi connectivity index (χ1) is 19.5. The third-order valence-electron chi connectivity index (χ3n) is 6.79. The third kappa shape index (κ3) is 7.69. The van der Waals surface area contributed by atoms with Crippen LogP contribution in [-0.4, -0.2) is 48.8 Å². The van der Waals surface area contributed by atoms with E-state index in [1.165, 1.54) is 5.57 Å². The van der Waals surface area contributed by atoms with Crippen molar-refractivity contribution in [1.82, 2.24) is 4.90 Å². The zero-order valence-corrected chi connectivity index (χ0v) is 23.4. The quantitative estimate of drug-likeness (QED) is 0.121. The van der Waals surface area contributed by atoms with Crippen molar-refractivity contribution in [2.45, 2.75) is 26.4 Å². The van der Waals surface area contributed by atoms with E-state index in [4.69, 9.17) is 9.47 Å². The van der Waals surface area contributed by atoms with Crippen LogP contribution in [0.25, 0.3) is 11.1 Å². The van der Waals surface area contributed by atoms with Crippen LogP contribution >= 0.6 is 0 Å². The van der Waals surface area contributed by atoms with Gasteiger partial charge in [0.2, 0.25) is 0 Å². The molecule has 0 heterocycles. The minimum atomic E-state index is -0.556.